The Morgan fingerprint density at radius 3 is 2.37 bits per heavy atom. The van der Waals surface area contributed by atoms with Crippen molar-refractivity contribution in [2.24, 2.45) is 5.41 Å². The molecule has 0 amide bonds. The Balaban J connectivity index is 2.10. The van der Waals surface area contributed by atoms with E-state index in [1.54, 1.807) is 6.07 Å². The highest BCUT2D eigenvalue weighted by molar-refractivity contribution is 5.50. The first-order valence-corrected chi connectivity index (χ1v) is 7.09. The van der Waals surface area contributed by atoms with Crippen LogP contribution in [0.25, 0.3) is 0 Å². The van der Waals surface area contributed by atoms with E-state index < -0.39 is 5.82 Å². The summed E-state index contributed by atoms with van der Waals surface area (Å²) in [6.45, 7) is 6.49. The van der Waals surface area contributed by atoms with Gasteiger partial charge >= 0.3 is 0 Å². The second kappa shape index (κ2) is 5.61. The standard InChI is InChI=1S/C16H21FN2/c1-3-16(4-2)7-9-19(10-8-16)14-6-5-13(12-18)15(17)11-14/h5-6,11H,3-4,7-10H2,1-2H3. The lowest BCUT2D eigenvalue weighted by Gasteiger charge is -2.42. The van der Waals surface area contributed by atoms with Crippen molar-refractivity contribution < 1.29 is 4.39 Å². The van der Waals surface area contributed by atoms with Crippen molar-refractivity contribution in [3.05, 3.63) is 29.6 Å². The summed E-state index contributed by atoms with van der Waals surface area (Å²) >= 11 is 0. The summed E-state index contributed by atoms with van der Waals surface area (Å²) in [5, 5.41) is 8.75. The molecule has 1 saturated heterocycles. The number of hydrogen-bond donors (Lipinski definition) is 0. The minimum Gasteiger partial charge on any atom is -0.371 e. The average Bonchev–Trinajstić information content (AvgIpc) is 2.47. The second-order valence-electron chi connectivity index (χ2n) is 5.47. The average molecular weight is 260 g/mol. The molecule has 1 fully saturated rings. The van der Waals surface area contributed by atoms with Gasteiger partial charge in [-0.2, -0.15) is 5.26 Å². The van der Waals surface area contributed by atoms with E-state index in [0.717, 1.165) is 18.8 Å². The minimum atomic E-state index is -0.414. The van der Waals surface area contributed by atoms with Gasteiger partial charge in [-0.05, 0) is 36.5 Å². The molecule has 0 atom stereocenters. The highest BCUT2D eigenvalue weighted by Gasteiger charge is 2.31. The molecule has 0 bridgehead atoms. The molecule has 0 unspecified atom stereocenters. The van der Waals surface area contributed by atoms with E-state index in [9.17, 15) is 4.39 Å². The molecule has 1 aliphatic heterocycles. The van der Waals surface area contributed by atoms with Crippen LogP contribution in [0.5, 0.6) is 0 Å². The zero-order valence-electron chi connectivity index (χ0n) is 11.7. The normalized spacial score (nSPS) is 18.1. The van der Waals surface area contributed by atoms with Crippen LogP contribution in [0.3, 0.4) is 0 Å². The van der Waals surface area contributed by atoms with Gasteiger partial charge in [0, 0.05) is 18.8 Å². The third-order valence-corrected chi connectivity index (χ3v) is 4.76. The fourth-order valence-electron chi connectivity index (χ4n) is 2.99. The van der Waals surface area contributed by atoms with E-state index in [4.69, 9.17) is 5.26 Å². The number of piperidine rings is 1. The fourth-order valence-corrected chi connectivity index (χ4v) is 2.99. The molecule has 2 nitrogen and oxygen atoms in total. The van der Waals surface area contributed by atoms with Crippen LogP contribution in [0, 0.1) is 22.6 Å². The first-order valence-electron chi connectivity index (χ1n) is 7.09. The monoisotopic (exact) mass is 260 g/mol. The minimum absolute atomic E-state index is 0.122. The molecule has 0 N–H and O–H groups in total. The molecule has 1 aromatic carbocycles. The molecule has 1 aromatic rings. The van der Waals surface area contributed by atoms with E-state index in [1.807, 2.05) is 12.1 Å². The Kier molecular flexibility index (Phi) is 4.09. The van der Waals surface area contributed by atoms with Crippen molar-refractivity contribution in [2.45, 2.75) is 39.5 Å². The predicted octanol–water partition coefficient (Wildman–Crippen LogP) is 4.10. The van der Waals surface area contributed by atoms with Crippen LogP contribution in [0.4, 0.5) is 10.1 Å². The topological polar surface area (TPSA) is 27.0 Å². The molecule has 2 rings (SSSR count). The highest BCUT2D eigenvalue weighted by atomic mass is 19.1. The van der Waals surface area contributed by atoms with Crippen LogP contribution in [-0.2, 0) is 0 Å². The van der Waals surface area contributed by atoms with Crippen LogP contribution < -0.4 is 4.90 Å². The quantitative estimate of drug-likeness (QED) is 0.818. The fraction of sp³-hybridized carbons (Fsp3) is 0.562. The number of nitrogens with zero attached hydrogens (tertiary/aromatic N) is 2. The van der Waals surface area contributed by atoms with E-state index >= 15 is 0 Å². The van der Waals surface area contributed by atoms with Gasteiger partial charge in [0.2, 0.25) is 0 Å². The number of halogens is 1. The van der Waals surface area contributed by atoms with Crippen molar-refractivity contribution in [1.82, 2.24) is 0 Å². The molecular weight excluding hydrogens is 239 g/mol. The molecule has 102 valence electrons. The zero-order chi connectivity index (χ0) is 13.9. The molecular formula is C16H21FN2. The number of benzene rings is 1. The third kappa shape index (κ3) is 2.73. The van der Waals surface area contributed by atoms with Gasteiger partial charge in [-0.3, -0.25) is 0 Å². The van der Waals surface area contributed by atoms with Crippen LogP contribution >= 0.6 is 0 Å². The van der Waals surface area contributed by atoms with E-state index in [1.165, 1.54) is 31.7 Å². The summed E-state index contributed by atoms with van der Waals surface area (Å²) in [6, 6.07) is 6.78. The molecule has 0 radical (unpaired) electrons. The number of rotatable bonds is 3. The Hall–Kier alpha value is -1.56. The van der Waals surface area contributed by atoms with Gasteiger partial charge in [-0.15, -0.1) is 0 Å². The lowest BCUT2D eigenvalue weighted by atomic mass is 9.74. The largest absolute Gasteiger partial charge is 0.371 e. The SMILES string of the molecule is CCC1(CC)CCN(c2ccc(C#N)c(F)c2)CC1. The Morgan fingerprint density at radius 1 is 1.26 bits per heavy atom. The summed E-state index contributed by atoms with van der Waals surface area (Å²) in [5.41, 5.74) is 1.50. The number of nitriles is 1. The summed E-state index contributed by atoms with van der Waals surface area (Å²) in [7, 11) is 0. The van der Waals surface area contributed by atoms with Crippen LogP contribution in [-0.4, -0.2) is 13.1 Å². The summed E-state index contributed by atoms with van der Waals surface area (Å²) in [6.07, 6.45) is 4.78. The van der Waals surface area contributed by atoms with Gasteiger partial charge in [0.05, 0.1) is 5.56 Å². The summed E-state index contributed by atoms with van der Waals surface area (Å²) in [5.74, 6) is -0.414. The molecule has 1 heterocycles. The van der Waals surface area contributed by atoms with Gasteiger partial charge in [0.1, 0.15) is 11.9 Å². The van der Waals surface area contributed by atoms with Crippen molar-refractivity contribution >= 4 is 5.69 Å². The Bertz CT molecular complexity index is 476. The maximum atomic E-state index is 13.6. The lowest BCUT2D eigenvalue weighted by molar-refractivity contribution is 0.199. The van der Waals surface area contributed by atoms with Crippen molar-refractivity contribution in [3.8, 4) is 6.07 Å². The van der Waals surface area contributed by atoms with E-state index in [2.05, 4.69) is 18.7 Å². The summed E-state index contributed by atoms with van der Waals surface area (Å²) in [4.78, 5) is 2.23. The Labute approximate surface area is 114 Å². The van der Waals surface area contributed by atoms with Gasteiger partial charge in [0.15, 0.2) is 0 Å². The number of anilines is 1. The van der Waals surface area contributed by atoms with E-state index in [-0.39, 0.29) is 5.56 Å². The molecule has 0 aromatic heterocycles. The second-order valence-corrected chi connectivity index (χ2v) is 5.47. The van der Waals surface area contributed by atoms with Crippen molar-refractivity contribution in [1.29, 1.82) is 5.26 Å². The van der Waals surface area contributed by atoms with Gasteiger partial charge in [0.25, 0.3) is 0 Å². The zero-order valence-corrected chi connectivity index (χ0v) is 11.7. The summed E-state index contributed by atoms with van der Waals surface area (Å²) < 4.78 is 13.6. The van der Waals surface area contributed by atoms with Gasteiger partial charge in [-0.25, -0.2) is 4.39 Å². The Morgan fingerprint density at radius 2 is 1.89 bits per heavy atom. The molecule has 0 spiro atoms. The molecule has 0 saturated carbocycles. The van der Waals surface area contributed by atoms with Crippen LogP contribution in [0.15, 0.2) is 18.2 Å². The van der Waals surface area contributed by atoms with Crippen molar-refractivity contribution in [3.63, 3.8) is 0 Å². The number of hydrogen-bond acceptors (Lipinski definition) is 2. The smallest absolute Gasteiger partial charge is 0.143 e. The predicted molar refractivity (Wildman–Crippen MR) is 75.6 cm³/mol. The first kappa shape index (κ1) is 13.9. The highest BCUT2D eigenvalue weighted by Crippen LogP contribution is 2.39. The third-order valence-electron chi connectivity index (χ3n) is 4.76. The van der Waals surface area contributed by atoms with Crippen molar-refractivity contribution in [2.75, 3.05) is 18.0 Å². The molecule has 3 heteroatoms. The van der Waals surface area contributed by atoms with E-state index in [0.29, 0.717) is 5.41 Å². The molecule has 0 aliphatic carbocycles. The maximum absolute atomic E-state index is 13.6. The molecule has 19 heavy (non-hydrogen) atoms. The molecule has 1 aliphatic rings. The van der Waals surface area contributed by atoms with Gasteiger partial charge in [-0.1, -0.05) is 26.7 Å². The lowest BCUT2D eigenvalue weighted by Crippen LogP contribution is -2.39. The van der Waals surface area contributed by atoms with Crippen LogP contribution in [0.2, 0.25) is 0 Å². The maximum Gasteiger partial charge on any atom is 0.143 e. The van der Waals surface area contributed by atoms with Gasteiger partial charge < -0.3 is 4.90 Å². The first-order chi connectivity index (χ1) is 9.14. The van der Waals surface area contributed by atoms with Crippen LogP contribution in [0.1, 0.15) is 45.1 Å².